The zero-order chi connectivity index (χ0) is 16.7. The van der Waals surface area contributed by atoms with Gasteiger partial charge in [-0.15, -0.1) is 0 Å². The maximum atomic E-state index is 13.1. The molecule has 0 aliphatic carbocycles. The number of carboxylic acid groups (broad SMARTS) is 1. The number of carbonyl (C=O) groups is 2. The Balaban J connectivity index is 2.29. The van der Waals surface area contributed by atoms with Gasteiger partial charge in [0, 0.05) is 24.7 Å². The lowest BCUT2D eigenvalue weighted by atomic mass is 9.86. The van der Waals surface area contributed by atoms with Crippen molar-refractivity contribution in [3.63, 3.8) is 0 Å². The molecule has 1 heterocycles. The fourth-order valence-electron chi connectivity index (χ4n) is 2.37. The molecule has 1 aliphatic heterocycles. The Bertz CT molecular complexity index is 610. The molecule has 1 N–H and O–H groups in total. The fourth-order valence-corrected chi connectivity index (χ4v) is 2.37. The number of alkyl halides is 3. The monoisotopic (exact) mass is 323 g/mol. The summed E-state index contributed by atoms with van der Waals surface area (Å²) in [7, 11) is 0. The second-order valence-electron chi connectivity index (χ2n) is 5.02. The molecule has 0 radical (unpaired) electrons. The first-order valence-electron chi connectivity index (χ1n) is 6.12. The van der Waals surface area contributed by atoms with Gasteiger partial charge in [0.25, 0.3) is 5.91 Å². The first-order chi connectivity index (χ1) is 10.1. The number of rotatable bonds is 2. The summed E-state index contributed by atoms with van der Waals surface area (Å²) in [6, 6.07) is 1.87. The fraction of sp³-hybridized carbons (Fsp3) is 0.385. The van der Waals surface area contributed by atoms with E-state index < -0.39 is 60.2 Å². The lowest BCUT2D eigenvalue weighted by Crippen LogP contribution is -2.47. The third kappa shape index (κ3) is 2.62. The Morgan fingerprint density at radius 3 is 2.09 bits per heavy atom. The Morgan fingerprint density at radius 2 is 1.68 bits per heavy atom. The number of likely N-dealkylation sites (tertiary alicyclic amines) is 1. The van der Waals surface area contributed by atoms with E-state index in [9.17, 15) is 31.5 Å². The van der Waals surface area contributed by atoms with Crippen LogP contribution in [0.1, 0.15) is 16.8 Å². The predicted molar refractivity (Wildman–Crippen MR) is 63.0 cm³/mol. The summed E-state index contributed by atoms with van der Waals surface area (Å²) >= 11 is 0. The average molecular weight is 323 g/mol. The number of carboxylic acids is 1. The van der Waals surface area contributed by atoms with E-state index >= 15 is 0 Å². The van der Waals surface area contributed by atoms with Crippen LogP contribution in [0, 0.1) is 17.0 Å². The maximum Gasteiger partial charge on any atom is 0.406 e. The highest BCUT2D eigenvalue weighted by molar-refractivity contribution is 5.95. The Kier molecular flexibility index (Phi) is 3.84. The summed E-state index contributed by atoms with van der Waals surface area (Å²) in [5, 5.41) is 8.88. The van der Waals surface area contributed by atoms with Gasteiger partial charge in [-0.1, -0.05) is 0 Å². The number of carbonyl (C=O) groups excluding carboxylic acids is 1. The van der Waals surface area contributed by atoms with Gasteiger partial charge in [-0.2, -0.15) is 13.2 Å². The van der Waals surface area contributed by atoms with Gasteiger partial charge in [0.1, 0.15) is 11.6 Å². The quantitative estimate of drug-likeness (QED) is 0.851. The second kappa shape index (κ2) is 5.22. The zero-order valence-corrected chi connectivity index (χ0v) is 11.0. The van der Waals surface area contributed by atoms with Crippen molar-refractivity contribution in [2.45, 2.75) is 12.6 Å². The van der Waals surface area contributed by atoms with E-state index in [0.29, 0.717) is 23.1 Å². The van der Waals surface area contributed by atoms with E-state index in [1.165, 1.54) is 0 Å². The van der Waals surface area contributed by atoms with E-state index in [1.807, 2.05) is 0 Å². The lowest BCUT2D eigenvalue weighted by Gasteiger charge is -2.27. The molecule has 1 atom stereocenters. The van der Waals surface area contributed by atoms with E-state index in [2.05, 4.69) is 0 Å². The molecule has 1 amide bonds. The third-order valence-electron chi connectivity index (χ3n) is 3.62. The van der Waals surface area contributed by atoms with E-state index in [0.717, 1.165) is 0 Å². The van der Waals surface area contributed by atoms with Crippen molar-refractivity contribution in [2.75, 3.05) is 13.1 Å². The molecule has 1 saturated heterocycles. The number of hydrogen-bond donors (Lipinski definition) is 1. The van der Waals surface area contributed by atoms with Gasteiger partial charge in [0.2, 0.25) is 0 Å². The first-order valence-corrected chi connectivity index (χ1v) is 6.12. The average Bonchev–Trinajstić information content (AvgIpc) is 2.82. The molecule has 1 aromatic carbocycles. The number of benzene rings is 1. The van der Waals surface area contributed by atoms with Crippen molar-refractivity contribution >= 4 is 11.9 Å². The predicted octanol–water partition coefficient (Wildman–Crippen LogP) is 2.44. The van der Waals surface area contributed by atoms with Crippen LogP contribution in [0.15, 0.2) is 18.2 Å². The third-order valence-corrected chi connectivity index (χ3v) is 3.62. The topological polar surface area (TPSA) is 57.6 Å². The van der Waals surface area contributed by atoms with Gasteiger partial charge in [0.05, 0.1) is 0 Å². The smallest absolute Gasteiger partial charge is 0.406 e. The normalized spacial score (nSPS) is 22.0. The molecule has 0 saturated carbocycles. The summed E-state index contributed by atoms with van der Waals surface area (Å²) in [4.78, 5) is 23.7. The largest absolute Gasteiger partial charge is 0.481 e. The van der Waals surface area contributed by atoms with Gasteiger partial charge in [-0.3, -0.25) is 9.59 Å². The highest BCUT2D eigenvalue weighted by Gasteiger charge is 2.64. The number of aliphatic carboxylic acids is 1. The Morgan fingerprint density at radius 1 is 1.14 bits per heavy atom. The molecule has 9 heteroatoms. The standard InChI is InChI=1S/C13H10F5NO3/c14-8-3-7(4-9(15)5-8)10(20)19-2-1-12(6-19,11(21)22)13(16,17)18/h3-5H,1-2,6H2,(H,21,22). The zero-order valence-electron chi connectivity index (χ0n) is 11.0. The van der Waals surface area contributed by atoms with E-state index in [1.54, 1.807) is 0 Å². The van der Waals surface area contributed by atoms with Crippen LogP contribution in [0.3, 0.4) is 0 Å². The van der Waals surface area contributed by atoms with E-state index in [-0.39, 0.29) is 0 Å². The van der Waals surface area contributed by atoms with Crippen LogP contribution in [0.4, 0.5) is 22.0 Å². The maximum absolute atomic E-state index is 13.1. The Hall–Kier alpha value is -2.19. The molecule has 0 spiro atoms. The molecule has 0 aromatic heterocycles. The number of hydrogen-bond acceptors (Lipinski definition) is 2. The van der Waals surface area contributed by atoms with Crippen LogP contribution in [-0.2, 0) is 4.79 Å². The van der Waals surface area contributed by atoms with Crippen molar-refractivity contribution in [3.05, 3.63) is 35.4 Å². The number of amides is 1. The molecular weight excluding hydrogens is 313 g/mol. The molecule has 1 aliphatic rings. The minimum Gasteiger partial charge on any atom is -0.481 e. The molecule has 4 nitrogen and oxygen atoms in total. The number of nitrogens with zero attached hydrogens (tertiary/aromatic N) is 1. The van der Waals surface area contributed by atoms with Crippen LogP contribution in [0.25, 0.3) is 0 Å². The van der Waals surface area contributed by atoms with Gasteiger partial charge in [-0.05, 0) is 18.6 Å². The van der Waals surface area contributed by atoms with Gasteiger partial charge < -0.3 is 10.0 Å². The minimum absolute atomic E-state index is 0.469. The van der Waals surface area contributed by atoms with Crippen molar-refractivity contribution < 1.29 is 36.6 Å². The summed E-state index contributed by atoms with van der Waals surface area (Å²) in [6.07, 6.45) is -5.85. The summed E-state index contributed by atoms with van der Waals surface area (Å²) in [6.45, 7) is -1.56. The molecule has 1 unspecified atom stereocenters. The van der Waals surface area contributed by atoms with Gasteiger partial charge in [0.15, 0.2) is 5.41 Å². The van der Waals surface area contributed by atoms with Crippen molar-refractivity contribution in [2.24, 2.45) is 5.41 Å². The summed E-state index contributed by atoms with van der Waals surface area (Å²) in [5.74, 6) is -5.24. The van der Waals surface area contributed by atoms with Crippen LogP contribution in [0.5, 0.6) is 0 Å². The molecule has 1 fully saturated rings. The highest BCUT2D eigenvalue weighted by Crippen LogP contribution is 2.46. The van der Waals surface area contributed by atoms with Gasteiger partial charge >= 0.3 is 12.1 Å². The van der Waals surface area contributed by atoms with Gasteiger partial charge in [-0.25, -0.2) is 8.78 Å². The Labute approximate surface area is 121 Å². The molecule has 0 bridgehead atoms. The molecule has 120 valence electrons. The van der Waals surface area contributed by atoms with Crippen molar-refractivity contribution in [1.29, 1.82) is 0 Å². The molecule has 2 rings (SSSR count). The highest BCUT2D eigenvalue weighted by atomic mass is 19.4. The van der Waals surface area contributed by atoms with E-state index in [4.69, 9.17) is 5.11 Å². The lowest BCUT2D eigenvalue weighted by molar-refractivity contribution is -0.227. The summed E-state index contributed by atoms with van der Waals surface area (Å²) < 4.78 is 65.1. The van der Waals surface area contributed by atoms with Crippen molar-refractivity contribution in [1.82, 2.24) is 4.90 Å². The SMILES string of the molecule is O=C(c1cc(F)cc(F)c1)N1CCC(C(=O)O)(C(F)(F)F)C1. The minimum atomic E-state index is -5.04. The molecular formula is C13H10F5NO3. The number of halogens is 5. The first kappa shape index (κ1) is 16.2. The second-order valence-corrected chi connectivity index (χ2v) is 5.02. The summed E-state index contributed by atoms with van der Waals surface area (Å²) in [5.41, 5.74) is -3.53. The molecule has 1 aromatic rings. The van der Waals surface area contributed by atoms with Crippen LogP contribution in [-0.4, -0.2) is 41.1 Å². The van der Waals surface area contributed by atoms with Crippen LogP contribution in [0.2, 0.25) is 0 Å². The van der Waals surface area contributed by atoms with Crippen molar-refractivity contribution in [3.8, 4) is 0 Å². The van der Waals surface area contributed by atoms with Crippen LogP contribution < -0.4 is 0 Å². The van der Waals surface area contributed by atoms with Crippen LogP contribution >= 0.6 is 0 Å². The molecule has 22 heavy (non-hydrogen) atoms.